The molecule has 0 aliphatic heterocycles. The van der Waals surface area contributed by atoms with Gasteiger partial charge in [0.05, 0.1) is 20.3 Å². The maximum atomic E-state index is 10.5. The van der Waals surface area contributed by atoms with E-state index in [2.05, 4.69) is 0 Å². The Hall–Kier alpha value is -1.75. The van der Waals surface area contributed by atoms with Crippen molar-refractivity contribution >= 4 is 5.97 Å². The number of benzene rings is 1. The van der Waals surface area contributed by atoms with Crippen molar-refractivity contribution in [2.75, 3.05) is 20.8 Å². The average molecular weight is 254 g/mol. The molecule has 0 radical (unpaired) electrons. The lowest BCUT2D eigenvalue weighted by atomic mass is 10.1. The summed E-state index contributed by atoms with van der Waals surface area (Å²) in [5.74, 6) is 0.377. The van der Waals surface area contributed by atoms with Crippen LogP contribution in [0.1, 0.15) is 24.2 Å². The third kappa shape index (κ3) is 3.37. The zero-order valence-electron chi connectivity index (χ0n) is 11.0. The molecule has 0 aliphatic carbocycles. The number of rotatable bonds is 6. The highest BCUT2D eigenvalue weighted by Gasteiger charge is 2.16. The third-order valence-electron chi connectivity index (χ3n) is 2.64. The van der Waals surface area contributed by atoms with E-state index in [9.17, 15) is 4.79 Å². The summed E-state index contributed by atoms with van der Waals surface area (Å²) in [5.41, 5.74) is 1.71. The smallest absolute Gasteiger partial charge is 0.329 e. The monoisotopic (exact) mass is 254 g/mol. The van der Waals surface area contributed by atoms with Gasteiger partial charge in [-0.25, -0.2) is 4.79 Å². The van der Waals surface area contributed by atoms with Crippen molar-refractivity contribution in [1.29, 1.82) is 0 Å². The fourth-order valence-corrected chi connectivity index (χ4v) is 1.68. The van der Waals surface area contributed by atoms with Crippen molar-refractivity contribution < 1.29 is 24.1 Å². The first kappa shape index (κ1) is 14.3. The van der Waals surface area contributed by atoms with Crippen molar-refractivity contribution in [3.8, 4) is 11.5 Å². The lowest BCUT2D eigenvalue weighted by Gasteiger charge is -2.18. The molecule has 1 N–H and O–H groups in total. The average Bonchev–Trinajstić information content (AvgIpc) is 2.35. The molecule has 1 atom stereocenters. The van der Waals surface area contributed by atoms with E-state index < -0.39 is 5.97 Å². The first-order valence-electron chi connectivity index (χ1n) is 5.55. The summed E-state index contributed by atoms with van der Waals surface area (Å²) in [5, 5.41) is 8.60. The second-order valence-corrected chi connectivity index (χ2v) is 3.91. The summed E-state index contributed by atoms with van der Waals surface area (Å²) < 4.78 is 15.7. The molecule has 0 heterocycles. The van der Waals surface area contributed by atoms with E-state index in [0.29, 0.717) is 5.75 Å². The number of aryl methyl sites for hydroxylation is 1. The van der Waals surface area contributed by atoms with Crippen LogP contribution in [-0.2, 0) is 9.53 Å². The van der Waals surface area contributed by atoms with Crippen LogP contribution in [0.25, 0.3) is 0 Å². The Morgan fingerprint density at radius 1 is 1.28 bits per heavy atom. The highest BCUT2D eigenvalue weighted by Crippen LogP contribution is 2.33. The van der Waals surface area contributed by atoms with Crippen molar-refractivity contribution in [3.63, 3.8) is 0 Å². The topological polar surface area (TPSA) is 65.0 Å². The standard InChI is InChI=1S/C13H18O5/c1-8-5-12(17-4)10(6-11(8)16-3)9(2)18-7-13(14)15/h5-6,9H,7H2,1-4H3,(H,14,15). The van der Waals surface area contributed by atoms with Gasteiger partial charge in [0.2, 0.25) is 0 Å². The molecule has 0 bridgehead atoms. The third-order valence-corrected chi connectivity index (χ3v) is 2.64. The summed E-state index contributed by atoms with van der Waals surface area (Å²) >= 11 is 0. The Kier molecular flexibility index (Phi) is 4.97. The van der Waals surface area contributed by atoms with Crippen LogP contribution in [0.5, 0.6) is 11.5 Å². The minimum absolute atomic E-state index is 0.347. The normalized spacial score (nSPS) is 12.0. The number of hydrogen-bond acceptors (Lipinski definition) is 4. The molecule has 1 aromatic rings. The fourth-order valence-electron chi connectivity index (χ4n) is 1.68. The quantitative estimate of drug-likeness (QED) is 0.842. The van der Waals surface area contributed by atoms with Gasteiger partial charge in [-0.2, -0.15) is 0 Å². The van der Waals surface area contributed by atoms with Crippen molar-refractivity contribution in [1.82, 2.24) is 0 Å². The molecular formula is C13H18O5. The highest BCUT2D eigenvalue weighted by atomic mass is 16.5. The largest absolute Gasteiger partial charge is 0.496 e. The highest BCUT2D eigenvalue weighted by molar-refractivity contribution is 5.68. The Bertz CT molecular complexity index is 428. The summed E-state index contributed by atoms with van der Waals surface area (Å²) in [6.07, 6.45) is -0.384. The number of carboxylic acids is 1. The van der Waals surface area contributed by atoms with Crippen molar-refractivity contribution in [2.45, 2.75) is 20.0 Å². The number of carboxylic acid groups (broad SMARTS) is 1. The van der Waals surface area contributed by atoms with E-state index >= 15 is 0 Å². The van der Waals surface area contributed by atoms with Gasteiger partial charge >= 0.3 is 5.97 Å². The number of hydrogen-bond donors (Lipinski definition) is 1. The summed E-state index contributed by atoms with van der Waals surface area (Å²) in [6.45, 7) is 3.34. The van der Waals surface area contributed by atoms with Gasteiger partial charge < -0.3 is 19.3 Å². The fraction of sp³-hybridized carbons (Fsp3) is 0.462. The van der Waals surface area contributed by atoms with E-state index in [0.717, 1.165) is 16.9 Å². The predicted molar refractivity (Wildman–Crippen MR) is 66.3 cm³/mol. The van der Waals surface area contributed by atoms with Crippen LogP contribution >= 0.6 is 0 Å². The Morgan fingerprint density at radius 3 is 2.39 bits per heavy atom. The molecule has 0 saturated heterocycles. The molecule has 18 heavy (non-hydrogen) atoms. The lowest BCUT2D eigenvalue weighted by Crippen LogP contribution is -2.11. The van der Waals surface area contributed by atoms with E-state index in [4.69, 9.17) is 19.3 Å². The van der Waals surface area contributed by atoms with Crippen LogP contribution < -0.4 is 9.47 Å². The van der Waals surface area contributed by atoms with Crippen LogP contribution in [0.15, 0.2) is 12.1 Å². The van der Waals surface area contributed by atoms with Gasteiger partial charge in [-0.15, -0.1) is 0 Å². The molecule has 1 unspecified atom stereocenters. The number of ether oxygens (including phenoxy) is 3. The maximum absolute atomic E-state index is 10.5. The number of carbonyl (C=O) groups is 1. The van der Waals surface area contributed by atoms with E-state index in [-0.39, 0.29) is 12.7 Å². The first-order valence-corrected chi connectivity index (χ1v) is 5.55. The molecule has 1 aromatic carbocycles. The molecule has 0 spiro atoms. The number of aliphatic carboxylic acids is 1. The minimum Gasteiger partial charge on any atom is -0.496 e. The van der Waals surface area contributed by atoms with Gasteiger partial charge in [0.25, 0.3) is 0 Å². The zero-order valence-corrected chi connectivity index (χ0v) is 11.0. The van der Waals surface area contributed by atoms with Gasteiger partial charge in [0.15, 0.2) is 0 Å². The number of methoxy groups -OCH3 is 2. The Balaban J connectivity index is 3.01. The van der Waals surface area contributed by atoms with Crippen LogP contribution in [0.3, 0.4) is 0 Å². The summed E-state index contributed by atoms with van der Waals surface area (Å²) in [4.78, 5) is 10.5. The SMILES string of the molecule is COc1cc(C(C)OCC(=O)O)c(OC)cc1C. The molecule has 0 amide bonds. The van der Waals surface area contributed by atoms with Crippen molar-refractivity contribution in [2.24, 2.45) is 0 Å². The van der Waals surface area contributed by atoms with E-state index in [1.54, 1.807) is 27.2 Å². The summed E-state index contributed by atoms with van der Waals surface area (Å²) in [6, 6.07) is 3.65. The minimum atomic E-state index is -1.00. The first-order chi connectivity index (χ1) is 8.49. The Labute approximate surface area is 106 Å². The molecule has 5 heteroatoms. The molecule has 100 valence electrons. The van der Waals surface area contributed by atoms with Gasteiger partial charge in [-0.1, -0.05) is 0 Å². The molecule has 5 nitrogen and oxygen atoms in total. The molecular weight excluding hydrogens is 236 g/mol. The van der Waals surface area contributed by atoms with Gasteiger partial charge in [-0.3, -0.25) is 0 Å². The summed E-state index contributed by atoms with van der Waals surface area (Å²) in [7, 11) is 3.15. The van der Waals surface area contributed by atoms with Crippen LogP contribution in [0.2, 0.25) is 0 Å². The van der Waals surface area contributed by atoms with E-state index in [1.165, 1.54) is 0 Å². The molecule has 0 aliphatic rings. The molecule has 0 fully saturated rings. The molecule has 0 aromatic heterocycles. The second-order valence-electron chi connectivity index (χ2n) is 3.91. The van der Waals surface area contributed by atoms with Gasteiger partial charge in [0, 0.05) is 5.56 Å². The maximum Gasteiger partial charge on any atom is 0.329 e. The van der Waals surface area contributed by atoms with Crippen LogP contribution in [-0.4, -0.2) is 31.9 Å². The Morgan fingerprint density at radius 2 is 1.89 bits per heavy atom. The predicted octanol–water partition coefficient (Wildman–Crippen LogP) is 2.17. The van der Waals surface area contributed by atoms with Gasteiger partial charge in [0.1, 0.15) is 18.1 Å². The molecule has 1 rings (SSSR count). The van der Waals surface area contributed by atoms with Crippen LogP contribution in [0.4, 0.5) is 0 Å². The second kappa shape index (κ2) is 6.26. The lowest BCUT2D eigenvalue weighted by molar-refractivity contribution is -0.144. The molecule has 0 saturated carbocycles. The van der Waals surface area contributed by atoms with Gasteiger partial charge in [-0.05, 0) is 31.5 Å². The van der Waals surface area contributed by atoms with Crippen LogP contribution in [0, 0.1) is 6.92 Å². The van der Waals surface area contributed by atoms with Crippen molar-refractivity contribution in [3.05, 3.63) is 23.3 Å². The van der Waals surface area contributed by atoms with E-state index in [1.807, 2.05) is 13.0 Å². The zero-order chi connectivity index (χ0) is 13.7.